The number of hydrogen-bond donors (Lipinski definition) is 2. The first-order valence-electron chi connectivity index (χ1n) is 9.73. The molecule has 1 aliphatic carbocycles. The van der Waals surface area contributed by atoms with Gasteiger partial charge in [-0.2, -0.15) is 0 Å². The Balaban J connectivity index is 1.53. The highest BCUT2D eigenvalue weighted by molar-refractivity contribution is 6.30. The summed E-state index contributed by atoms with van der Waals surface area (Å²) in [7, 11) is 0. The van der Waals surface area contributed by atoms with E-state index >= 15 is 0 Å². The van der Waals surface area contributed by atoms with Crippen LogP contribution >= 0.6 is 11.6 Å². The maximum Gasteiger partial charge on any atom is 0.274 e. The maximum atomic E-state index is 13.0. The zero-order chi connectivity index (χ0) is 19.0. The van der Waals surface area contributed by atoms with Gasteiger partial charge < -0.3 is 10.6 Å². The summed E-state index contributed by atoms with van der Waals surface area (Å²) in [5.74, 6) is 0.916. The summed E-state index contributed by atoms with van der Waals surface area (Å²) in [5, 5.41) is 15.8. The van der Waals surface area contributed by atoms with Crippen LogP contribution in [0.25, 0.3) is 0 Å². The first-order chi connectivity index (χ1) is 13.0. The van der Waals surface area contributed by atoms with Gasteiger partial charge in [0.05, 0.1) is 17.8 Å². The van der Waals surface area contributed by atoms with Gasteiger partial charge in [0, 0.05) is 5.02 Å². The summed E-state index contributed by atoms with van der Waals surface area (Å²) in [4.78, 5) is 13.0. The number of carbonyl (C=O) groups excluding carboxylic acids is 1. The number of benzene rings is 1. The quantitative estimate of drug-likeness (QED) is 0.825. The molecular weight excluding hydrogens is 362 g/mol. The van der Waals surface area contributed by atoms with Gasteiger partial charge in [0.2, 0.25) is 0 Å². The van der Waals surface area contributed by atoms with Crippen molar-refractivity contribution in [3.05, 3.63) is 46.2 Å². The highest BCUT2D eigenvalue weighted by Crippen LogP contribution is 2.47. The van der Waals surface area contributed by atoms with Crippen LogP contribution in [-0.4, -0.2) is 34.0 Å². The minimum absolute atomic E-state index is 0.0202. The number of piperidine rings is 1. The molecule has 1 aromatic heterocycles. The molecule has 2 aromatic rings. The fourth-order valence-corrected chi connectivity index (χ4v) is 4.21. The van der Waals surface area contributed by atoms with Gasteiger partial charge in [-0.1, -0.05) is 35.9 Å². The lowest BCUT2D eigenvalue weighted by Gasteiger charge is -2.23. The second-order valence-corrected chi connectivity index (χ2v) is 8.27. The average molecular weight is 388 g/mol. The number of hydrogen-bond acceptors (Lipinski definition) is 4. The molecule has 6 nitrogen and oxygen atoms in total. The molecule has 4 rings (SSSR count). The Bertz CT molecular complexity index is 812. The standard InChI is InChI=1S/C20H26ClN5O/c1-12-11-17(12)19(14-3-5-15(21)6-4-14)23-20(27)18-13(2)26(25-24-18)16-7-9-22-10-8-16/h3-6,12,16-17,19,22H,7-11H2,1-2H3,(H,23,27)/t12-,17-,19-/m1/s1. The molecule has 1 amide bonds. The Morgan fingerprint density at radius 1 is 1.30 bits per heavy atom. The number of rotatable bonds is 5. The highest BCUT2D eigenvalue weighted by Gasteiger charge is 2.41. The number of amides is 1. The number of halogens is 1. The van der Waals surface area contributed by atoms with Crippen molar-refractivity contribution in [3.63, 3.8) is 0 Å². The molecule has 1 saturated heterocycles. The van der Waals surface area contributed by atoms with E-state index in [9.17, 15) is 4.79 Å². The van der Waals surface area contributed by atoms with Crippen molar-refractivity contribution in [1.29, 1.82) is 0 Å². The van der Waals surface area contributed by atoms with Crippen LogP contribution in [0.3, 0.4) is 0 Å². The van der Waals surface area contributed by atoms with Gasteiger partial charge >= 0.3 is 0 Å². The van der Waals surface area contributed by atoms with Crippen molar-refractivity contribution in [2.75, 3.05) is 13.1 Å². The molecule has 0 bridgehead atoms. The molecule has 27 heavy (non-hydrogen) atoms. The van der Waals surface area contributed by atoms with Crippen molar-refractivity contribution in [2.24, 2.45) is 11.8 Å². The van der Waals surface area contributed by atoms with Crippen LogP contribution in [0, 0.1) is 18.8 Å². The molecule has 1 aliphatic heterocycles. The number of aromatic nitrogens is 3. The normalized spacial score (nSPS) is 23.8. The summed E-state index contributed by atoms with van der Waals surface area (Å²) in [5.41, 5.74) is 2.37. The van der Waals surface area contributed by atoms with Gasteiger partial charge in [-0.15, -0.1) is 5.10 Å². The molecule has 0 unspecified atom stereocenters. The summed E-state index contributed by atoms with van der Waals surface area (Å²) in [6.07, 6.45) is 3.14. The molecule has 1 saturated carbocycles. The lowest BCUT2D eigenvalue weighted by Crippen LogP contribution is -2.32. The van der Waals surface area contributed by atoms with Crippen LogP contribution in [0.4, 0.5) is 0 Å². The third-order valence-electron chi connectivity index (χ3n) is 5.91. The second kappa shape index (κ2) is 7.60. The molecule has 0 radical (unpaired) electrons. The van der Waals surface area contributed by atoms with Gasteiger partial charge in [0.15, 0.2) is 5.69 Å². The van der Waals surface area contributed by atoms with E-state index in [0.717, 1.165) is 43.6 Å². The lowest BCUT2D eigenvalue weighted by molar-refractivity contribution is 0.0924. The molecule has 2 aliphatic rings. The Morgan fingerprint density at radius 2 is 1.96 bits per heavy atom. The third kappa shape index (κ3) is 3.87. The van der Waals surface area contributed by atoms with Gasteiger partial charge in [0.1, 0.15) is 0 Å². The second-order valence-electron chi connectivity index (χ2n) is 7.83. The van der Waals surface area contributed by atoms with E-state index in [2.05, 4.69) is 27.9 Å². The number of nitrogens with zero attached hydrogens (tertiary/aromatic N) is 3. The van der Waals surface area contributed by atoms with Gasteiger partial charge in [0.25, 0.3) is 5.91 Å². The SMILES string of the molecule is Cc1c(C(=O)N[C@H](c2ccc(Cl)cc2)[C@@H]2C[C@H]2C)nnn1C1CCNCC1. The van der Waals surface area contributed by atoms with Crippen molar-refractivity contribution in [3.8, 4) is 0 Å². The Hall–Kier alpha value is -1.92. The van der Waals surface area contributed by atoms with E-state index in [1.165, 1.54) is 0 Å². The van der Waals surface area contributed by atoms with E-state index < -0.39 is 0 Å². The van der Waals surface area contributed by atoms with E-state index in [0.29, 0.717) is 28.6 Å². The number of carbonyl (C=O) groups is 1. The third-order valence-corrected chi connectivity index (χ3v) is 6.16. The van der Waals surface area contributed by atoms with Gasteiger partial charge in [-0.25, -0.2) is 4.68 Å². The van der Waals surface area contributed by atoms with Crippen molar-refractivity contribution >= 4 is 17.5 Å². The van der Waals surface area contributed by atoms with Gasteiger partial charge in [-0.05, 0) is 68.8 Å². The van der Waals surface area contributed by atoms with Crippen LogP contribution in [0.15, 0.2) is 24.3 Å². The fourth-order valence-electron chi connectivity index (χ4n) is 4.08. The summed E-state index contributed by atoms with van der Waals surface area (Å²) < 4.78 is 1.92. The first kappa shape index (κ1) is 18.4. The monoisotopic (exact) mass is 387 g/mol. The summed E-state index contributed by atoms with van der Waals surface area (Å²) in [6, 6.07) is 8.04. The largest absolute Gasteiger partial charge is 0.343 e. The van der Waals surface area contributed by atoms with Crippen molar-refractivity contribution in [2.45, 2.75) is 45.2 Å². The molecule has 7 heteroatoms. The smallest absolute Gasteiger partial charge is 0.274 e. The van der Waals surface area contributed by atoms with Gasteiger partial charge in [-0.3, -0.25) is 4.79 Å². The van der Waals surface area contributed by atoms with Crippen LogP contribution < -0.4 is 10.6 Å². The Labute approximate surface area is 164 Å². The van der Waals surface area contributed by atoms with Crippen LogP contribution in [0.2, 0.25) is 5.02 Å². The zero-order valence-corrected chi connectivity index (χ0v) is 16.5. The minimum atomic E-state index is -0.147. The van der Waals surface area contributed by atoms with Crippen LogP contribution in [-0.2, 0) is 0 Å². The molecule has 2 heterocycles. The van der Waals surface area contributed by atoms with Crippen LogP contribution in [0.1, 0.15) is 60.0 Å². The maximum absolute atomic E-state index is 13.0. The minimum Gasteiger partial charge on any atom is -0.343 e. The molecule has 3 atom stereocenters. The topological polar surface area (TPSA) is 71.8 Å². The van der Waals surface area contributed by atoms with E-state index in [4.69, 9.17) is 11.6 Å². The predicted octanol–water partition coefficient (Wildman–Crippen LogP) is 3.29. The van der Waals surface area contributed by atoms with E-state index in [1.54, 1.807) is 0 Å². The van der Waals surface area contributed by atoms with Crippen molar-refractivity contribution in [1.82, 2.24) is 25.6 Å². The fraction of sp³-hybridized carbons (Fsp3) is 0.550. The molecule has 144 valence electrons. The highest BCUT2D eigenvalue weighted by atomic mass is 35.5. The molecular formula is C20H26ClN5O. The van der Waals surface area contributed by atoms with Crippen molar-refractivity contribution < 1.29 is 4.79 Å². The Morgan fingerprint density at radius 3 is 2.59 bits per heavy atom. The molecule has 2 fully saturated rings. The van der Waals surface area contributed by atoms with E-state index in [-0.39, 0.29) is 11.9 Å². The Kier molecular flexibility index (Phi) is 5.19. The summed E-state index contributed by atoms with van der Waals surface area (Å²) in [6.45, 7) is 6.11. The molecule has 2 N–H and O–H groups in total. The molecule has 1 aromatic carbocycles. The predicted molar refractivity (Wildman–Crippen MR) is 105 cm³/mol. The molecule has 0 spiro atoms. The lowest BCUT2D eigenvalue weighted by atomic mass is 10.0. The average Bonchev–Trinajstić information content (AvgIpc) is 3.27. The van der Waals surface area contributed by atoms with Crippen LogP contribution in [0.5, 0.6) is 0 Å². The first-order valence-corrected chi connectivity index (χ1v) is 10.1. The number of nitrogens with one attached hydrogen (secondary N) is 2. The summed E-state index contributed by atoms with van der Waals surface area (Å²) >= 11 is 6.03. The zero-order valence-electron chi connectivity index (χ0n) is 15.8. The van der Waals surface area contributed by atoms with E-state index in [1.807, 2.05) is 35.9 Å².